The highest BCUT2D eigenvalue weighted by molar-refractivity contribution is 7.98. The molecule has 29 heavy (non-hydrogen) atoms. The van der Waals surface area contributed by atoms with Gasteiger partial charge in [-0.1, -0.05) is 30.4 Å². The molecule has 9 heteroatoms. The number of thioether (sulfide) groups is 1. The average Bonchev–Trinajstić information content (AvgIpc) is 3.21. The van der Waals surface area contributed by atoms with Crippen LogP contribution in [0, 0.1) is 0 Å². The number of amides is 2. The van der Waals surface area contributed by atoms with E-state index in [1.807, 2.05) is 19.2 Å². The number of para-hydroxylation sites is 1. The molecule has 1 aromatic heterocycles. The summed E-state index contributed by atoms with van der Waals surface area (Å²) in [5.41, 5.74) is 1.11. The highest BCUT2D eigenvalue weighted by atomic mass is 32.2. The fourth-order valence-corrected chi connectivity index (χ4v) is 3.68. The Labute approximate surface area is 176 Å². The van der Waals surface area contributed by atoms with E-state index in [4.69, 9.17) is 4.74 Å². The second kappa shape index (κ2) is 9.53. The lowest BCUT2D eigenvalue weighted by atomic mass is 10.1. The normalized spacial score (nSPS) is 10.4. The number of hydrogen-bond acceptors (Lipinski definition) is 7. The molecule has 0 fully saturated rings. The van der Waals surface area contributed by atoms with Crippen molar-refractivity contribution in [1.82, 2.24) is 10.2 Å². The molecule has 2 amide bonds. The van der Waals surface area contributed by atoms with Crippen LogP contribution in [0.15, 0.2) is 47.4 Å². The van der Waals surface area contributed by atoms with Crippen molar-refractivity contribution in [1.29, 1.82) is 0 Å². The highest BCUT2D eigenvalue weighted by Crippen LogP contribution is 2.27. The molecule has 0 saturated carbocycles. The van der Waals surface area contributed by atoms with Gasteiger partial charge in [0.15, 0.2) is 0 Å². The summed E-state index contributed by atoms with van der Waals surface area (Å²) in [4.78, 5) is 26.5. The zero-order valence-electron chi connectivity index (χ0n) is 16.2. The van der Waals surface area contributed by atoms with Crippen LogP contribution in [0.5, 0.6) is 5.75 Å². The number of carbonyl (C=O) groups excluding carboxylic acids is 2. The minimum absolute atomic E-state index is 0.328. The Kier molecular flexibility index (Phi) is 6.84. The van der Waals surface area contributed by atoms with Gasteiger partial charge < -0.3 is 10.1 Å². The van der Waals surface area contributed by atoms with Crippen molar-refractivity contribution in [3.8, 4) is 5.75 Å². The number of aryl methyl sites for hydroxylation is 1. The summed E-state index contributed by atoms with van der Waals surface area (Å²) in [5, 5.41) is 14.7. The van der Waals surface area contributed by atoms with Gasteiger partial charge in [0.1, 0.15) is 10.8 Å². The molecule has 0 unspecified atom stereocenters. The number of rotatable bonds is 7. The summed E-state index contributed by atoms with van der Waals surface area (Å²) in [6.07, 6.45) is 2.70. The predicted molar refractivity (Wildman–Crippen MR) is 116 cm³/mol. The first kappa shape index (κ1) is 20.8. The summed E-state index contributed by atoms with van der Waals surface area (Å²) < 4.78 is 5.35. The number of methoxy groups -OCH3 is 1. The van der Waals surface area contributed by atoms with Crippen molar-refractivity contribution in [3.05, 3.63) is 58.6 Å². The van der Waals surface area contributed by atoms with E-state index in [9.17, 15) is 9.59 Å². The molecule has 150 valence electrons. The fraction of sp³-hybridized carbons (Fsp3) is 0.200. The number of anilines is 2. The fourth-order valence-electron chi connectivity index (χ4n) is 2.58. The van der Waals surface area contributed by atoms with Crippen molar-refractivity contribution in [2.45, 2.75) is 18.2 Å². The van der Waals surface area contributed by atoms with Crippen LogP contribution < -0.4 is 15.4 Å². The Bertz CT molecular complexity index is 1040. The van der Waals surface area contributed by atoms with Crippen LogP contribution in [-0.2, 0) is 6.42 Å². The monoisotopic (exact) mass is 428 g/mol. The zero-order valence-corrected chi connectivity index (χ0v) is 17.8. The van der Waals surface area contributed by atoms with E-state index in [1.165, 1.54) is 18.4 Å². The Morgan fingerprint density at radius 2 is 1.83 bits per heavy atom. The summed E-state index contributed by atoms with van der Waals surface area (Å²) in [5.74, 6) is -0.263. The molecule has 0 radical (unpaired) electrons. The van der Waals surface area contributed by atoms with Crippen LogP contribution >= 0.6 is 23.1 Å². The van der Waals surface area contributed by atoms with Crippen LogP contribution in [0.1, 0.15) is 32.6 Å². The van der Waals surface area contributed by atoms with Crippen LogP contribution in [0.3, 0.4) is 0 Å². The first-order valence-corrected chi connectivity index (χ1v) is 10.9. The van der Waals surface area contributed by atoms with Gasteiger partial charge in [-0.15, -0.1) is 22.0 Å². The number of nitrogens with zero attached hydrogens (tertiary/aromatic N) is 2. The maximum Gasteiger partial charge on any atom is 0.259 e. The highest BCUT2D eigenvalue weighted by Gasteiger charge is 2.18. The average molecular weight is 429 g/mol. The van der Waals surface area contributed by atoms with Crippen LogP contribution in [0.4, 0.5) is 10.8 Å². The third kappa shape index (κ3) is 4.93. The molecule has 0 saturated heterocycles. The molecule has 2 N–H and O–H groups in total. The lowest BCUT2D eigenvalue weighted by Crippen LogP contribution is -2.18. The van der Waals surface area contributed by atoms with Gasteiger partial charge in [0, 0.05) is 4.90 Å². The van der Waals surface area contributed by atoms with Crippen molar-refractivity contribution >= 4 is 45.7 Å². The molecule has 0 aliphatic carbocycles. The van der Waals surface area contributed by atoms with Gasteiger partial charge >= 0.3 is 0 Å². The summed E-state index contributed by atoms with van der Waals surface area (Å²) in [7, 11) is 1.52. The largest absolute Gasteiger partial charge is 0.496 e. The van der Waals surface area contributed by atoms with E-state index >= 15 is 0 Å². The first-order valence-electron chi connectivity index (χ1n) is 8.81. The van der Waals surface area contributed by atoms with E-state index in [-0.39, 0.29) is 11.8 Å². The number of hydrogen-bond donors (Lipinski definition) is 2. The molecule has 3 rings (SSSR count). The third-order valence-electron chi connectivity index (χ3n) is 4.06. The Morgan fingerprint density at radius 3 is 2.52 bits per heavy atom. The van der Waals surface area contributed by atoms with E-state index in [2.05, 4.69) is 20.8 Å². The van der Waals surface area contributed by atoms with Gasteiger partial charge in [-0.3, -0.25) is 14.9 Å². The van der Waals surface area contributed by atoms with Gasteiger partial charge in [0.05, 0.1) is 23.9 Å². The van der Waals surface area contributed by atoms with Gasteiger partial charge in [-0.25, -0.2) is 0 Å². The number of carbonyl (C=O) groups is 2. The Hall–Kier alpha value is -2.91. The van der Waals surface area contributed by atoms with Crippen molar-refractivity contribution in [2.75, 3.05) is 24.0 Å². The predicted octanol–water partition coefficient (Wildman–Crippen LogP) is 4.34. The van der Waals surface area contributed by atoms with E-state index in [1.54, 1.807) is 48.2 Å². The second-order valence-corrected chi connectivity index (χ2v) is 7.82. The lowest BCUT2D eigenvalue weighted by Gasteiger charge is -2.13. The smallest absolute Gasteiger partial charge is 0.259 e. The molecule has 3 aromatic rings. The first-order chi connectivity index (χ1) is 14.0. The number of benzene rings is 2. The van der Waals surface area contributed by atoms with Gasteiger partial charge in [0.2, 0.25) is 5.13 Å². The topological polar surface area (TPSA) is 93.2 Å². The number of ether oxygens (including phenoxy) is 1. The second-order valence-electron chi connectivity index (χ2n) is 5.87. The quantitative estimate of drug-likeness (QED) is 0.544. The molecule has 0 aliphatic heterocycles. The Balaban J connectivity index is 1.81. The maximum atomic E-state index is 12.8. The standard InChI is InChI=1S/C20H20N4O3S2/c1-4-17-23-24-20(29-17)22-18(25)13-7-5-6-8-15(13)21-19(26)14-10-9-12(28-3)11-16(14)27-2/h5-11H,4H2,1-3H3,(H,21,26)(H,22,24,25). The minimum atomic E-state index is -0.371. The van der Waals surface area contributed by atoms with Gasteiger partial charge in [0.25, 0.3) is 11.8 Å². The van der Waals surface area contributed by atoms with E-state index < -0.39 is 0 Å². The van der Waals surface area contributed by atoms with E-state index in [0.717, 1.165) is 16.3 Å². The number of nitrogens with one attached hydrogen (secondary N) is 2. The Morgan fingerprint density at radius 1 is 1.07 bits per heavy atom. The minimum Gasteiger partial charge on any atom is -0.496 e. The van der Waals surface area contributed by atoms with Crippen molar-refractivity contribution in [3.63, 3.8) is 0 Å². The van der Waals surface area contributed by atoms with Crippen LogP contribution in [-0.4, -0.2) is 35.4 Å². The summed E-state index contributed by atoms with van der Waals surface area (Å²) >= 11 is 2.88. The van der Waals surface area contributed by atoms with Gasteiger partial charge in [-0.2, -0.15) is 0 Å². The maximum absolute atomic E-state index is 12.8. The molecular formula is C20H20N4O3S2. The van der Waals surface area contributed by atoms with Crippen LogP contribution in [0.2, 0.25) is 0 Å². The van der Waals surface area contributed by atoms with Gasteiger partial charge in [-0.05, 0) is 43.0 Å². The zero-order chi connectivity index (χ0) is 20.8. The number of aromatic nitrogens is 2. The lowest BCUT2D eigenvalue weighted by molar-refractivity contribution is 0.102. The molecule has 0 aliphatic rings. The SMILES string of the molecule is CCc1nnc(NC(=O)c2ccccc2NC(=O)c2ccc(SC)cc2OC)s1. The third-order valence-corrected chi connectivity index (χ3v) is 5.77. The molecule has 0 bridgehead atoms. The van der Waals surface area contributed by atoms with Crippen molar-refractivity contribution < 1.29 is 14.3 Å². The molecular weight excluding hydrogens is 408 g/mol. The molecule has 1 heterocycles. The summed E-state index contributed by atoms with van der Waals surface area (Å²) in [6, 6.07) is 12.2. The molecule has 0 atom stereocenters. The van der Waals surface area contributed by atoms with Crippen LogP contribution in [0.25, 0.3) is 0 Å². The molecule has 2 aromatic carbocycles. The molecule has 0 spiro atoms. The summed E-state index contributed by atoms with van der Waals surface area (Å²) in [6.45, 7) is 1.97. The van der Waals surface area contributed by atoms with E-state index in [0.29, 0.717) is 27.7 Å². The molecule has 7 nitrogen and oxygen atoms in total. The van der Waals surface area contributed by atoms with Crippen molar-refractivity contribution in [2.24, 2.45) is 0 Å².